The van der Waals surface area contributed by atoms with Crippen molar-refractivity contribution in [2.75, 3.05) is 7.11 Å². The molecule has 1 unspecified atom stereocenters. The maximum atomic E-state index is 12.1. The first kappa shape index (κ1) is 28.6. The van der Waals surface area contributed by atoms with Gasteiger partial charge in [-0.1, -0.05) is 30.3 Å². The van der Waals surface area contributed by atoms with Crippen LogP contribution in [-0.2, 0) is 11.3 Å². The first-order chi connectivity index (χ1) is 18.6. The molecule has 2 atom stereocenters. The lowest BCUT2D eigenvalue weighted by molar-refractivity contribution is -0.00159. The van der Waals surface area contributed by atoms with Crippen molar-refractivity contribution in [1.82, 2.24) is 15.3 Å². The van der Waals surface area contributed by atoms with Crippen molar-refractivity contribution in [3.63, 3.8) is 0 Å². The van der Waals surface area contributed by atoms with Gasteiger partial charge >= 0.3 is 6.09 Å². The molecule has 0 spiro atoms. The second-order valence-corrected chi connectivity index (χ2v) is 11.1. The molecule has 1 aliphatic carbocycles. The van der Waals surface area contributed by atoms with Crippen molar-refractivity contribution in [3.05, 3.63) is 59.8 Å². The highest BCUT2D eigenvalue weighted by atomic mass is 16.6. The van der Waals surface area contributed by atoms with Gasteiger partial charge in [0, 0.05) is 12.1 Å². The van der Waals surface area contributed by atoms with Crippen LogP contribution in [0.3, 0.4) is 0 Å². The summed E-state index contributed by atoms with van der Waals surface area (Å²) in [6.07, 6.45) is 2.52. The summed E-state index contributed by atoms with van der Waals surface area (Å²) in [4.78, 5) is 21.1. The minimum Gasteiger partial charge on any atom is -0.487 e. The lowest BCUT2D eigenvalue weighted by Crippen LogP contribution is -2.41. The number of benzene rings is 1. The molecule has 0 radical (unpaired) electrons. The third kappa shape index (κ3) is 7.80. The van der Waals surface area contributed by atoms with Gasteiger partial charge < -0.3 is 29.7 Å². The normalized spacial score (nSPS) is 19.2. The maximum Gasteiger partial charge on any atom is 0.407 e. The summed E-state index contributed by atoms with van der Waals surface area (Å²) >= 11 is 0. The van der Waals surface area contributed by atoms with E-state index >= 15 is 0 Å². The summed E-state index contributed by atoms with van der Waals surface area (Å²) in [5.74, 6) is 0.947. The average molecular weight is 538 g/mol. The molecule has 9 nitrogen and oxygen atoms in total. The van der Waals surface area contributed by atoms with Crippen LogP contribution in [0.5, 0.6) is 11.6 Å². The summed E-state index contributed by atoms with van der Waals surface area (Å²) < 4.78 is 16.8. The second kappa shape index (κ2) is 12.6. The minimum absolute atomic E-state index is 0.0389. The Bertz CT molecular complexity index is 1240. The highest BCUT2D eigenvalue weighted by Crippen LogP contribution is 2.37. The number of rotatable bonds is 9. The Hall–Kier alpha value is -3.43. The van der Waals surface area contributed by atoms with Gasteiger partial charge in [0.25, 0.3) is 0 Å². The van der Waals surface area contributed by atoms with Gasteiger partial charge in [-0.25, -0.2) is 9.78 Å². The maximum absolute atomic E-state index is 12.1. The number of methoxy groups -OCH3 is 1. The van der Waals surface area contributed by atoms with Crippen LogP contribution in [0.1, 0.15) is 70.1 Å². The third-order valence-electron chi connectivity index (χ3n) is 6.94. The molecule has 1 aromatic carbocycles. The first-order valence-electron chi connectivity index (χ1n) is 13.5. The summed E-state index contributed by atoms with van der Waals surface area (Å²) in [6.45, 7) is 5.80. The van der Waals surface area contributed by atoms with E-state index in [1.54, 1.807) is 18.3 Å². The van der Waals surface area contributed by atoms with Crippen LogP contribution >= 0.6 is 0 Å². The number of nitrogens with one attached hydrogen (secondary N) is 1. The molecule has 3 aromatic rings. The highest BCUT2D eigenvalue weighted by molar-refractivity contribution is 5.81. The Morgan fingerprint density at radius 1 is 1.08 bits per heavy atom. The monoisotopic (exact) mass is 537 g/mol. The molecule has 1 fully saturated rings. The Morgan fingerprint density at radius 3 is 2.46 bits per heavy atom. The summed E-state index contributed by atoms with van der Waals surface area (Å²) in [5, 5.41) is 25.6. The van der Waals surface area contributed by atoms with Crippen LogP contribution in [-0.4, -0.2) is 51.1 Å². The fourth-order valence-electron chi connectivity index (χ4n) is 4.98. The highest BCUT2D eigenvalue weighted by Gasteiger charge is 2.31. The van der Waals surface area contributed by atoms with Crippen LogP contribution in [0.15, 0.2) is 48.7 Å². The number of alkyl carbamates (subject to hydrolysis) is 1. The summed E-state index contributed by atoms with van der Waals surface area (Å²) in [6, 6.07) is 13.2. The molecule has 2 heterocycles. The molecule has 1 saturated carbocycles. The number of carbonyl (C=O) groups is 1. The molecule has 0 bridgehead atoms. The lowest BCUT2D eigenvalue weighted by Gasteiger charge is -2.32. The zero-order valence-corrected chi connectivity index (χ0v) is 23.1. The van der Waals surface area contributed by atoms with E-state index in [0.717, 1.165) is 31.2 Å². The molecule has 210 valence electrons. The van der Waals surface area contributed by atoms with Crippen LogP contribution < -0.4 is 14.8 Å². The second-order valence-electron chi connectivity index (χ2n) is 11.1. The van der Waals surface area contributed by atoms with E-state index in [9.17, 15) is 15.0 Å². The fourth-order valence-corrected chi connectivity index (χ4v) is 4.98. The van der Waals surface area contributed by atoms with Gasteiger partial charge in [0.05, 0.1) is 30.5 Å². The van der Waals surface area contributed by atoms with Crippen molar-refractivity contribution < 1.29 is 29.2 Å². The SMILES string of the molecule is COc1ccc2ncc(OCc3ccccc3)c([C@H](O)C(O)CC3CCC(NC(=O)OC(C)(C)C)CC3)c2n1. The number of hydrogen-bond acceptors (Lipinski definition) is 8. The van der Waals surface area contributed by atoms with E-state index in [1.807, 2.05) is 51.1 Å². The number of fused-ring (bicyclic) bond motifs is 1. The molecular weight excluding hydrogens is 498 g/mol. The van der Waals surface area contributed by atoms with Crippen LogP contribution in [0.25, 0.3) is 11.0 Å². The predicted molar refractivity (Wildman–Crippen MR) is 148 cm³/mol. The quantitative estimate of drug-likeness (QED) is 0.345. The molecule has 1 amide bonds. The van der Waals surface area contributed by atoms with Crippen LogP contribution in [0.4, 0.5) is 4.79 Å². The van der Waals surface area contributed by atoms with E-state index in [4.69, 9.17) is 14.2 Å². The largest absolute Gasteiger partial charge is 0.487 e. The van der Waals surface area contributed by atoms with Gasteiger partial charge in [-0.2, -0.15) is 0 Å². The molecule has 0 saturated heterocycles. The van der Waals surface area contributed by atoms with Gasteiger partial charge in [-0.15, -0.1) is 0 Å². The van der Waals surface area contributed by atoms with Crippen molar-refractivity contribution in [2.24, 2.45) is 5.92 Å². The topological polar surface area (TPSA) is 123 Å². The molecule has 1 aliphatic rings. The van der Waals surface area contributed by atoms with Gasteiger partial charge in [-0.3, -0.25) is 4.98 Å². The van der Waals surface area contributed by atoms with Crippen LogP contribution in [0.2, 0.25) is 0 Å². The Kier molecular flexibility index (Phi) is 9.24. The smallest absolute Gasteiger partial charge is 0.407 e. The zero-order chi connectivity index (χ0) is 28.0. The van der Waals surface area contributed by atoms with E-state index in [2.05, 4.69) is 15.3 Å². The third-order valence-corrected chi connectivity index (χ3v) is 6.94. The number of hydrogen-bond donors (Lipinski definition) is 3. The van der Waals surface area contributed by atoms with E-state index in [1.165, 1.54) is 7.11 Å². The van der Waals surface area contributed by atoms with Crippen molar-refractivity contribution in [1.29, 1.82) is 0 Å². The van der Waals surface area contributed by atoms with E-state index in [0.29, 0.717) is 34.6 Å². The first-order valence-corrected chi connectivity index (χ1v) is 13.5. The molecular formula is C30H39N3O6. The van der Waals surface area contributed by atoms with E-state index in [-0.39, 0.29) is 18.6 Å². The lowest BCUT2D eigenvalue weighted by atomic mass is 9.81. The van der Waals surface area contributed by atoms with Gasteiger partial charge in [-0.05, 0) is 70.4 Å². The van der Waals surface area contributed by atoms with Crippen molar-refractivity contribution in [2.45, 2.75) is 83.3 Å². The fraction of sp³-hybridized carbons (Fsp3) is 0.500. The Morgan fingerprint density at radius 2 is 1.79 bits per heavy atom. The van der Waals surface area contributed by atoms with E-state index < -0.39 is 23.9 Å². The average Bonchev–Trinajstić information content (AvgIpc) is 2.91. The van der Waals surface area contributed by atoms with Crippen molar-refractivity contribution >= 4 is 17.1 Å². The molecule has 3 N–H and O–H groups in total. The standard InChI is InChI=1S/C30H39N3O6/c1-30(2,3)39-29(36)32-21-12-10-19(11-13-21)16-23(34)28(35)26-24(38-18-20-8-6-5-7-9-20)17-31-22-14-15-25(37-4)33-27(22)26/h5-9,14-15,17,19,21,23,28,34-35H,10-13,16,18H2,1-4H3,(H,32,36)/t19?,21?,23?,28-/m1/s1. The number of pyridine rings is 2. The Balaban J connectivity index is 1.46. The van der Waals surface area contributed by atoms with Crippen LogP contribution in [0, 0.1) is 5.92 Å². The number of aromatic nitrogens is 2. The molecule has 39 heavy (non-hydrogen) atoms. The minimum atomic E-state index is -1.24. The summed E-state index contributed by atoms with van der Waals surface area (Å²) in [7, 11) is 1.52. The Labute approximate surface area is 229 Å². The summed E-state index contributed by atoms with van der Waals surface area (Å²) in [5.41, 5.74) is 1.81. The van der Waals surface area contributed by atoms with Gasteiger partial charge in [0.2, 0.25) is 5.88 Å². The molecule has 2 aromatic heterocycles. The molecule has 9 heteroatoms. The number of nitrogens with zero attached hydrogens (tertiary/aromatic N) is 2. The molecule has 4 rings (SSSR count). The molecule has 0 aliphatic heterocycles. The van der Waals surface area contributed by atoms with Crippen molar-refractivity contribution in [3.8, 4) is 11.6 Å². The number of carbonyl (C=O) groups excluding carboxylic acids is 1. The number of amides is 1. The number of aliphatic hydroxyl groups is 2. The van der Waals surface area contributed by atoms with Gasteiger partial charge in [0.1, 0.15) is 29.6 Å². The zero-order valence-electron chi connectivity index (χ0n) is 23.1. The van der Waals surface area contributed by atoms with Gasteiger partial charge in [0.15, 0.2) is 0 Å². The number of aliphatic hydroxyl groups excluding tert-OH is 2. The predicted octanol–water partition coefficient (Wildman–Crippen LogP) is 5.09. The number of ether oxygens (including phenoxy) is 3.